The highest BCUT2D eigenvalue weighted by Gasteiger charge is 2.43. The van der Waals surface area contributed by atoms with Gasteiger partial charge in [-0.1, -0.05) is 25.3 Å². The van der Waals surface area contributed by atoms with Crippen LogP contribution in [0.25, 0.3) is 0 Å². The number of phenolic OH excluding ortho intramolecular Hbond substituents is 5. The normalized spacial score (nSPS) is 16.0. The van der Waals surface area contributed by atoms with E-state index in [0.29, 0.717) is 103 Å². The van der Waals surface area contributed by atoms with E-state index < -0.39 is 10.8 Å². The molecular weight excluding hydrogens is 1260 g/mol. The van der Waals surface area contributed by atoms with E-state index in [1.165, 1.54) is 0 Å². The molecule has 2 saturated carbocycles. The van der Waals surface area contributed by atoms with Gasteiger partial charge in [-0.25, -0.2) is 0 Å². The average molecular weight is 1360 g/mol. The first-order valence-corrected chi connectivity index (χ1v) is 33.1. The van der Waals surface area contributed by atoms with Crippen molar-refractivity contribution in [2.24, 2.45) is 5.92 Å². The second-order valence-corrected chi connectivity index (χ2v) is 25.7. The van der Waals surface area contributed by atoms with Gasteiger partial charge < -0.3 is 92.0 Å². The topological polar surface area (TPSA) is 240 Å². The molecule has 7 aromatic carbocycles. The van der Waals surface area contributed by atoms with E-state index in [9.17, 15) is 25.5 Å². The minimum Gasteiger partial charge on any atom is -0.507 e. The van der Waals surface area contributed by atoms with Crippen molar-refractivity contribution >= 4 is 0 Å². The van der Waals surface area contributed by atoms with Crippen LogP contribution in [0.5, 0.6) is 46.0 Å². The number of rotatable bonds is 38. The molecule has 2 aliphatic rings. The van der Waals surface area contributed by atoms with Crippen LogP contribution >= 0.6 is 0 Å². The fraction of sp³-hybridized carbons (Fsp3) is 0.462. The molecule has 0 heterocycles. The summed E-state index contributed by atoms with van der Waals surface area (Å²) >= 11 is 0. The summed E-state index contributed by atoms with van der Waals surface area (Å²) < 4.78 is 75.4. The van der Waals surface area contributed by atoms with Gasteiger partial charge in [0.05, 0.1) is 72.7 Å². The molecule has 7 aromatic rings. The zero-order valence-electron chi connectivity index (χ0n) is 58.4. The molecule has 2 fully saturated rings. The Labute approximate surface area is 576 Å². The van der Waals surface area contributed by atoms with Crippen LogP contribution in [0, 0.1) is 5.92 Å². The zero-order chi connectivity index (χ0) is 69.8. The number of phenols is 5. The first kappa shape index (κ1) is 74.7. The average Bonchev–Trinajstić information content (AvgIpc) is 1.13. The van der Waals surface area contributed by atoms with Gasteiger partial charge in [0.1, 0.15) is 60.1 Å². The SMILES string of the molecule is COCc1cc(COc2cccc(OCc3cc(COC)c(OOCc4cc(C5(c6cc(COC)c(O)c(COC)c6)CCCC(COCc6cc(C7(c8cc(COC)c(O)c(COC)c8)CCCC7)cc(COC)c6O)C5)cc(COC)c4O)c(COC)c3)c2)cc(COC)c1O. The number of hydrogen-bond donors (Lipinski definition) is 5. The third kappa shape index (κ3) is 17.7. The van der Waals surface area contributed by atoms with E-state index >= 15 is 0 Å². The molecule has 0 saturated heterocycles. The van der Waals surface area contributed by atoms with Gasteiger partial charge >= 0.3 is 0 Å². The van der Waals surface area contributed by atoms with Gasteiger partial charge in [-0.2, -0.15) is 4.89 Å². The van der Waals surface area contributed by atoms with Crippen LogP contribution in [0.15, 0.2) is 97.1 Å². The van der Waals surface area contributed by atoms with Gasteiger partial charge in [0.15, 0.2) is 5.75 Å². The lowest BCUT2D eigenvalue weighted by atomic mass is 9.61. The molecule has 2 unspecified atom stereocenters. The summed E-state index contributed by atoms with van der Waals surface area (Å²) in [4.78, 5) is 12.5. The van der Waals surface area contributed by atoms with Gasteiger partial charge in [-0.05, 0) is 156 Å². The van der Waals surface area contributed by atoms with Crippen LogP contribution < -0.4 is 14.4 Å². The summed E-state index contributed by atoms with van der Waals surface area (Å²) in [6.07, 6.45) is 6.68. The highest BCUT2D eigenvalue weighted by atomic mass is 17.2. The predicted molar refractivity (Wildman–Crippen MR) is 366 cm³/mol. The monoisotopic (exact) mass is 1350 g/mol. The fourth-order valence-corrected chi connectivity index (χ4v) is 14.4. The molecule has 98 heavy (non-hydrogen) atoms. The van der Waals surface area contributed by atoms with E-state index in [4.69, 9.17) is 71.4 Å². The van der Waals surface area contributed by atoms with Gasteiger partial charge in [-0.15, -0.1) is 0 Å². The van der Waals surface area contributed by atoms with Gasteiger partial charge in [0.2, 0.25) is 0 Å². The summed E-state index contributed by atoms with van der Waals surface area (Å²) in [6.45, 7) is 2.55. The third-order valence-corrected chi connectivity index (χ3v) is 18.8. The van der Waals surface area contributed by atoms with Crippen LogP contribution in [0.2, 0.25) is 0 Å². The standard InChI is InChI=1S/C78H98O20/c1-84-38-53-21-51(22-54(39-85-2)71(53)79)36-95-69-16-13-17-70(33-69)96-37-52-23-63(46-92-9)76(64(24-52)47-93-10)98-97-49-62-32-68(30-60(45-91-8)75(62)83)78(67-28-58(43-89-6)73(81)59(29-67)44-90-7)20-14-15-50(34-78)35-94-48-61-31-66(27-57(42-88-5)74(61)82)77(18-11-12-19-77)65-25-55(40-86-3)72(80)56(26-65)41-87-4/h13,16-17,21-33,50,79-83H,11-12,14-15,18-20,34-49H2,1-10H3. The van der Waals surface area contributed by atoms with Crippen molar-refractivity contribution in [3.63, 3.8) is 0 Å². The summed E-state index contributed by atoms with van der Waals surface area (Å²) in [5.74, 6) is 2.07. The lowest BCUT2D eigenvalue weighted by Gasteiger charge is -2.43. The molecule has 0 aromatic heterocycles. The summed E-state index contributed by atoms with van der Waals surface area (Å²) in [6, 6.07) is 31.2. The summed E-state index contributed by atoms with van der Waals surface area (Å²) in [7, 11) is 16.0. The van der Waals surface area contributed by atoms with Crippen molar-refractivity contribution < 1.29 is 96.9 Å². The number of benzene rings is 7. The fourth-order valence-electron chi connectivity index (χ4n) is 14.4. The second-order valence-electron chi connectivity index (χ2n) is 25.7. The van der Waals surface area contributed by atoms with Gasteiger partial charge in [0.25, 0.3) is 0 Å². The highest BCUT2D eigenvalue weighted by molar-refractivity contribution is 5.56. The van der Waals surface area contributed by atoms with E-state index in [1.807, 2.05) is 72.8 Å². The smallest absolute Gasteiger partial charge is 0.176 e. The second kappa shape index (κ2) is 36.0. The molecule has 530 valence electrons. The number of aromatic hydroxyl groups is 5. The van der Waals surface area contributed by atoms with Crippen LogP contribution in [0.4, 0.5) is 0 Å². The minimum absolute atomic E-state index is 0.00284. The van der Waals surface area contributed by atoms with Crippen LogP contribution in [-0.2, 0) is 160 Å². The molecule has 2 aliphatic carbocycles. The molecule has 20 heteroatoms. The quantitative estimate of drug-likeness (QED) is 0.0179. The lowest BCUT2D eigenvalue weighted by molar-refractivity contribution is -0.219. The maximum atomic E-state index is 12.2. The number of methoxy groups -OCH3 is 10. The largest absolute Gasteiger partial charge is 0.507 e. The van der Waals surface area contributed by atoms with Crippen molar-refractivity contribution in [1.82, 2.24) is 0 Å². The molecule has 0 amide bonds. The number of hydrogen-bond acceptors (Lipinski definition) is 20. The van der Waals surface area contributed by atoms with Crippen molar-refractivity contribution in [2.75, 3.05) is 77.7 Å². The van der Waals surface area contributed by atoms with Crippen molar-refractivity contribution in [3.05, 3.63) is 197 Å². The maximum absolute atomic E-state index is 12.2. The van der Waals surface area contributed by atoms with Crippen LogP contribution in [0.1, 0.15) is 152 Å². The van der Waals surface area contributed by atoms with E-state index in [2.05, 4.69) is 24.3 Å². The molecule has 20 nitrogen and oxygen atoms in total. The molecule has 0 radical (unpaired) electrons. The lowest BCUT2D eigenvalue weighted by Crippen LogP contribution is -2.36. The molecule has 0 bridgehead atoms. The Morgan fingerprint density at radius 2 is 0.643 bits per heavy atom. The minimum atomic E-state index is -0.729. The third-order valence-electron chi connectivity index (χ3n) is 18.8. The van der Waals surface area contributed by atoms with Gasteiger partial charge in [-0.3, -0.25) is 0 Å². The van der Waals surface area contributed by atoms with E-state index in [-0.39, 0.29) is 127 Å². The Balaban J connectivity index is 0.985. The van der Waals surface area contributed by atoms with Crippen molar-refractivity contribution in [3.8, 4) is 46.0 Å². The molecule has 5 N–H and O–H groups in total. The van der Waals surface area contributed by atoms with Crippen LogP contribution in [0.3, 0.4) is 0 Å². The van der Waals surface area contributed by atoms with E-state index in [0.717, 1.165) is 71.9 Å². The highest BCUT2D eigenvalue weighted by Crippen LogP contribution is 2.52. The van der Waals surface area contributed by atoms with Crippen molar-refractivity contribution in [1.29, 1.82) is 0 Å². The molecule has 9 rings (SSSR count). The molecule has 2 atom stereocenters. The van der Waals surface area contributed by atoms with E-state index in [1.54, 1.807) is 71.1 Å². The molecule has 0 spiro atoms. The Kier molecular flexibility index (Phi) is 27.4. The zero-order valence-corrected chi connectivity index (χ0v) is 58.4. The van der Waals surface area contributed by atoms with Crippen molar-refractivity contribution in [2.45, 2.75) is 155 Å². The predicted octanol–water partition coefficient (Wildman–Crippen LogP) is 13.9. The Morgan fingerprint density at radius 1 is 0.337 bits per heavy atom. The molecular formula is C78H98O20. The molecule has 0 aliphatic heterocycles. The summed E-state index contributed by atoms with van der Waals surface area (Å²) in [5, 5.41) is 57.9. The Bertz CT molecular complexity index is 3640. The Hall–Kier alpha value is -7.54. The Morgan fingerprint density at radius 3 is 1.01 bits per heavy atom. The number of ether oxygens (including phenoxy) is 13. The van der Waals surface area contributed by atoms with Gasteiger partial charge in [0, 0.05) is 161 Å². The summed E-state index contributed by atoms with van der Waals surface area (Å²) in [5.41, 5.74) is 11.9. The maximum Gasteiger partial charge on any atom is 0.176 e. The first-order valence-electron chi connectivity index (χ1n) is 33.1. The van der Waals surface area contributed by atoms with Crippen LogP contribution in [-0.4, -0.2) is 103 Å². The first-order chi connectivity index (χ1) is 47.6.